The Morgan fingerprint density at radius 1 is 1.19 bits per heavy atom. The van der Waals surface area contributed by atoms with Gasteiger partial charge >= 0.3 is 0 Å². The van der Waals surface area contributed by atoms with Crippen LogP contribution >= 0.6 is 11.6 Å². The van der Waals surface area contributed by atoms with E-state index in [1.807, 2.05) is 46.9 Å². The third kappa shape index (κ3) is 5.53. The number of piperidine rings is 1. The van der Waals surface area contributed by atoms with Crippen molar-refractivity contribution < 1.29 is 14.7 Å². The number of hydrogen-bond donors (Lipinski definition) is 2. The summed E-state index contributed by atoms with van der Waals surface area (Å²) in [4.78, 5) is 28.9. The molecule has 2 fully saturated rings. The Bertz CT molecular complexity index is 1120. The van der Waals surface area contributed by atoms with Crippen molar-refractivity contribution in [1.29, 1.82) is 0 Å². The Morgan fingerprint density at radius 2 is 1.89 bits per heavy atom. The highest BCUT2D eigenvalue weighted by Gasteiger charge is 2.50. The van der Waals surface area contributed by atoms with E-state index in [-0.39, 0.29) is 29.6 Å². The number of carbonyl (C=O) groups excluding carboxylic acids is 2. The molecule has 9 nitrogen and oxygen atoms in total. The first-order valence-corrected chi connectivity index (χ1v) is 13.6. The summed E-state index contributed by atoms with van der Waals surface area (Å²) in [6, 6.07) is 6.65. The summed E-state index contributed by atoms with van der Waals surface area (Å²) < 4.78 is 1.68. The molecule has 0 bridgehead atoms. The van der Waals surface area contributed by atoms with E-state index in [0.717, 1.165) is 30.7 Å². The van der Waals surface area contributed by atoms with Crippen LogP contribution in [0.25, 0.3) is 0 Å². The molecule has 37 heavy (non-hydrogen) atoms. The summed E-state index contributed by atoms with van der Waals surface area (Å²) in [7, 11) is 1.82. The van der Waals surface area contributed by atoms with Gasteiger partial charge in [0.15, 0.2) is 5.82 Å². The number of amides is 2. The molecule has 2 amide bonds. The highest BCUT2D eigenvalue weighted by Crippen LogP contribution is 2.46. The van der Waals surface area contributed by atoms with Crippen LogP contribution in [0.15, 0.2) is 24.3 Å². The lowest BCUT2D eigenvalue weighted by atomic mass is 9.66. The number of benzene rings is 1. The number of nitrogens with one attached hydrogen (secondary N) is 1. The molecule has 10 heteroatoms. The molecule has 4 atom stereocenters. The fraction of sp³-hybridized carbons (Fsp3) is 0.667. The molecule has 4 rings (SSSR count). The predicted molar refractivity (Wildman–Crippen MR) is 141 cm³/mol. The highest BCUT2D eigenvalue weighted by molar-refractivity contribution is 6.30. The first kappa shape index (κ1) is 27.5. The van der Waals surface area contributed by atoms with Crippen LogP contribution in [-0.4, -0.2) is 61.2 Å². The molecule has 1 aliphatic carbocycles. The number of carbonyl (C=O) groups is 2. The van der Waals surface area contributed by atoms with Crippen molar-refractivity contribution in [3.63, 3.8) is 0 Å². The van der Waals surface area contributed by atoms with Crippen LogP contribution in [0.2, 0.25) is 5.02 Å². The number of tetrazole rings is 1. The van der Waals surface area contributed by atoms with Gasteiger partial charge in [-0.2, -0.15) is 0 Å². The number of aliphatic hydroxyl groups is 1. The average Bonchev–Trinajstić information content (AvgIpc) is 3.29. The molecule has 1 saturated carbocycles. The molecular formula is C27H39ClN6O3. The number of nitrogens with zero attached hydrogens (tertiary/aromatic N) is 5. The lowest BCUT2D eigenvalue weighted by Gasteiger charge is -2.51. The standard InChI is InChI=1S/C27H39ClN6O3/c1-17(2)22(29-24(35)19-8-6-7-18(15-19)23-30-31-32-33(23)5)25(36)34-14-13-27(37,26(3,4)16-34)20-9-11-21(28)12-10-20/h9-12,17-19,22,37H,6-8,13-16H2,1-5H3,(H,29,35)/t18-,19+,22-,27+/m1/s1. The van der Waals surface area contributed by atoms with Crippen LogP contribution in [0.4, 0.5) is 0 Å². The Balaban J connectivity index is 1.44. The summed E-state index contributed by atoms with van der Waals surface area (Å²) in [6.45, 7) is 8.66. The lowest BCUT2D eigenvalue weighted by molar-refractivity contribution is -0.157. The lowest BCUT2D eigenvalue weighted by Crippen LogP contribution is -2.60. The predicted octanol–water partition coefficient (Wildman–Crippen LogP) is 3.42. The molecular weight excluding hydrogens is 492 g/mol. The van der Waals surface area contributed by atoms with Crippen molar-refractivity contribution in [2.24, 2.45) is 24.3 Å². The molecule has 202 valence electrons. The van der Waals surface area contributed by atoms with Crippen LogP contribution in [0, 0.1) is 17.3 Å². The van der Waals surface area contributed by atoms with Gasteiger partial charge in [-0.1, -0.05) is 57.8 Å². The zero-order chi connectivity index (χ0) is 27.0. The third-order valence-corrected chi connectivity index (χ3v) is 8.63. The van der Waals surface area contributed by atoms with Gasteiger partial charge in [0.25, 0.3) is 0 Å². The van der Waals surface area contributed by atoms with Crippen LogP contribution in [0.5, 0.6) is 0 Å². The minimum absolute atomic E-state index is 0.0704. The molecule has 1 saturated heterocycles. The Labute approximate surface area is 223 Å². The molecule has 2 N–H and O–H groups in total. The third-order valence-electron chi connectivity index (χ3n) is 8.38. The quantitative estimate of drug-likeness (QED) is 0.591. The van der Waals surface area contributed by atoms with Crippen LogP contribution < -0.4 is 5.32 Å². The van der Waals surface area contributed by atoms with Gasteiger partial charge in [-0.15, -0.1) is 5.10 Å². The molecule has 2 aliphatic rings. The Hall–Kier alpha value is -2.52. The Morgan fingerprint density at radius 3 is 2.49 bits per heavy atom. The van der Waals surface area contributed by atoms with Crippen molar-refractivity contribution in [1.82, 2.24) is 30.4 Å². The van der Waals surface area contributed by atoms with Crippen molar-refractivity contribution in [2.75, 3.05) is 13.1 Å². The number of likely N-dealkylation sites (tertiary alicyclic amines) is 1. The second kappa shape index (κ2) is 10.7. The van der Waals surface area contributed by atoms with Crippen molar-refractivity contribution in [3.05, 3.63) is 40.7 Å². The molecule has 2 aromatic rings. The molecule has 0 spiro atoms. The van der Waals surface area contributed by atoms with Gasteiger partial charge in [-0.05, 0) is 59.7 Å². The fourth-order valence-electron chi connectivity index (χ4n) is 6.00. The first-order chi connectivity index (χ1) is 17.4. The maximum Gasteiger partial charge on any atom is 0.245 e. The van der Waals surface area contributed by atoms with E-state index in [1.165, 1.54) is 0 Å². The van der Waals surface area contributed by atoms with E-state index >= 15 is 0 Å². The Kier molecular flexibility index (Phi) is 7.95. The number of aryl methyl sites for hydroxylation is 1. The minimum atomic E-state index is -1.09. The topological polar surface area (TPSA) is 113 Å². The van der Waals surface area contributed by atoms with Gasteiger partial charge in [0, 0.05) is 42.4 Å². The van der Waals surface area contributed by atoms with Gasteiger partial charge in [0.05, 0.1) is 5.60 Å². The summed E-state index contributed by atoms with van der Waals surface area (Å²) in [6.07, 6.45) is 3.73. The van der Waals surface area contributed by atoms with Crippen molar-refractivity contribution >= 4 is 23.4 Å². The van der Waals surface area contributed by atoms with E-state index in [1.54, 1.807) is 21.7 Å². The van der Waals surface area contributed by atoms with Gasteiger partial charge < -0.3 is 15.3 Å². The molecule has 1 aliphatic heterocycles. The molecule has 0 radical (unpaired) electrons. The van der Waals surface area contributed by atoms with E-state index < -0.39 is 17.1 Å². The second-order valence-electron chi connectivity index (χ2n) is 11.7. The normalized spacial score (nSPS) is 26.6. The van der Waals surface area contributed by atoms with E-state index in [2.05, 4.69) is 20.8 Å². The van der Waals surface area contributed by atoms with Gasteiger partial charge in [-0.25, -0.2) is 4.68 Å². The molecule has 2 heterocycles. The first-order valence-electron chi connectivity index (χ1n) is 13.2. The monoisotopic (exact) mass is 530 g/mol. The van der Waals surface area contributed by atoms with Gasteiger partial charge in [0.2, 0.25) is 11.8 Å². The largest absolute Gasteiger partial charge is 0.384 e. The maximum atomic E-state index is 13.7. The molecule has 0 unspecified atom stereocenters. The van der Waals surface area contributed by atoms with Crippen LogP contribution in [-0.2, 0) is 22.2 Å². The fourth-order valence-corrected chi connectivity index (χ4v) is 6.12. The van der Waals surface area contributed by atoms with E-state index in [0.29, 0.717) is 31.0 Å². The van der Waals surface area contributed by atoms with Gasteiger partial charge in [0.1, 0.15) is 6.04 Å². The number of halogens is 1. The zero-order valence-electron chi connectivity index (χ0n) is 22.4. The summed E-state index contributed by atoms with van der Waals surface area (Å²) >= 11 is 6.06. The minimum Gasteiger partial charge on any atom is -0.384 e. The summed E-state index contributed by atoms with van der Waals surface area (Å²) in [5.41, 5.74) is -0.884. The number of aromatic nitrogens is 4. The number of rotatable bonds is 6. The summed E-state index contributed by atoms with van der Waals surface area (Å²) in [5.74, 6) is 0.500. The van der Waals surface area contributed by atoms with Gasteiger partial charge in [-0.3, -0.25) is 9.59 Å². The highest BCUT2D eigenvalue weighted by atomic mass is 35.5. The van der Waals surface area contributed by atoms with Crippen molar-refractivity contribution in [2.45, 2.75) is 77.4 Å². The van der Waals surface area contributed by atoms with E-state index in [9.17, 15) is 14.7 Å². The zero-order valence-corrected chi connectivity index (χ0v) is 23.2. The van der Waals surface area contributed by atoms with E-state index in [4.69, 9.17) is 11.6 Å². The smallest absolute Gasteiger partial charge is 0.245 e. The SMILES string of the molecule is CC(C)[C@@H](NC(=O)[C@H]1CCC[C@@H](c2nnnn2C)C1)C(=O)N1CC[C@](O)(c2ccc(Cl)cc2)C(C)(C)C1. The molecule has 1 aromatic carbocycles. The second-order valence-corrected chi connectivity index (χ2v) is 12.1. The van der Waals surface area contributed by atoms with Crippen LogP contribution in [0.3, 0.4) is 0 Å². The van der Waals surface area contributed by atoms with Crippen LogP contribution in [0.1, 0.15) is 77.1 Å². The maximum absolute atomic E-state index is 13.7. The van der Waals surface area contributed by atoms with Crippen molar-refractivity contribution in [3.8, 4) is 0 Å². The number of hydrogen-bond acceptors (Lipinski definition) is 6. The average molecular weight is 531 g/mol. The molecule has 1 aromatic heterocycles. The summed E-state index contributed by atoms with van der Waals surface area (Å²) in [5, 5.41) is 27.2.